The number of hydrogen-bond acceptors (Lipinski definition) is 5. The number of likely N-dealkylation sites (tertiary alicyclic amines) is 1. The number of aryl methyl sites for hydroxylation is 1. The molecule has 0 radical (unpaired) electrons. The second-order valence-electron chi connectivity index (χ2n) is 8.35. The van der Waals surface area contributed by atoms with E-state index in [0.29, 0.717) is 0 Å². The van der Waals surface area contributed by atoms with Crippen molar-refractivity contribution in [1.82, 2.24) is 14.9 Å². The van der Waals surface area contributed by atoms with Gasteiger partial charge in [-0.3, -0.25) is 9.78 Å². The van der Waals surface area contributed by atoms with Crippen molar-refractivity contribution in [2.75, 3.05) is 13.2 Å². The normalized spacial score (nSPS) is 27.8. The molecule has 1 saturated heterocycles. The van der Waals surface area contributed by atoms with Gasteiger partial charge in [-0.2, -0.15) is 0 Å². The van der Waals surface area contributed by atoms with Crippen molar-refractivity contribution in [2.24, 2.45) is 10.8 Å². The molecule has 2 aliphatic rings. The molecule has 6 nitrogen and oxygen atoms in total. The zero-order valence-electron chi connectivity index (χ0n) is 14.8. The van der Waals surface area contributed by atoms with Crippen molar-refractivity contribution < 1.29 is 14.3 Å². The Kier molecular flexibility index (Phi) is 4.10. The monoisotopic (exact) mass is 331 g/mol. The molecule has 1 aliphatic carbocycles. The van der Waals surface area contributed by atoms with E-state index >= 15 is 0 Å². The highest BCUT2D eigenvalue weighted by Crippen LogP contribution is 2.52. The lowest BCUT2D eigenvalue weighted by atomic mass is 9.65. The summed E-state index contributed by atoms with van der Waals surface area (Å²) in [5, 5.41) is 0. The number of esters is 1. The van der Waals surface area contributed by atoms with Gasteiger partial charge in [0.1, 0.15) is 0 Å². The third kappa shape index (κ3) is 3.42. The molecular weight excluding hydrogens is 306 g/mol. The molecule has 1 aliphatic heterocycles. The van der Waals surface area contributed by atoms with Crippen molar-refractivity contribution >= 4 is 11.9 Å². The van der Waals surface area contributed by atoms with Crippen LogP contribution in [0.5, 0.6) is 0 Å². The lowest BCUT2D eigenvalue weighted by Crippen LogP contribution is -2.39. The molecule has 0 aromatic carbocycles. The Morgan fingerprint density at radius 1 is 1.25 bits per heavy atom. The molecule has 2 heterocycles. The molecule has 130 valence electrons. The second-order valence-corrected chi connectivity index (χ2v) is 8.35. The van der Waals surface area contributed by atoms with Gasteiger partial charge in [0.05, 0.1) is 11.9 Å². The van der Waals surface area contributed by atoms with E-state index in [1.807, 2.05) is 4.90 Å². The van der Waals surface area contributed by atoms with E-state index in [1.54, 1.807) is 6.92 Å². The Morgan fingerprint density at radius 2 is 2.00 bits per heavy atom. The predicted molar refractivity (Wildman–Crippen MR) is 88.3 cm³/mol. The average Bonchev–Trinajstić information content (AvgIpc) is 2.74. The van der Waals surface area contributed by atoms with Crippen molar-refractivity contribution in [1.29, 1.82) is 0 Å². The molecule has 6 heteroatoms. The summed E-state index contributed by atoms with van der Waals surface area (Å²) in [5.74, 6) is -0.723. The fourth-order valence-corrected chi connectivity index (χ4v) is 4.53. The Morgan fingerprint density at radius 3 is 2.67 bits per heavy atom. The van der Waals surface area contributed by atoms with E-state index < -0.39 is 5.97 Å². The number of fused-ring (bicyclic) bond motifs is 2. The molecule has 3 rings (SSSR count). The van der Waals surface area contributed by atoms with Crippen LogP contribution in [0, 0.1) is 17.8 Å². The molecule has 0 N–H and O–H groups in total. The topological polar surface area (TPSA) is 72.4 Å². The molecule has 2 atom stereocenters. The predicted octanol–water partition coefficient (Wildman–Crippen LogP) is 2.37. The fraction of sp³-hybridized carbons (Fsp3) is 0.667. The maximum atomic E-state index is 12.5. The lowest BCUT2D eigenvalue weighted by molar-refractivity contribution is -0.135. The molecule has 0 spiro atoms. The second kappa shape index (κ2) is 5.83. The van der Waals surface area contributed by atoms with Gasteiger partial charge >= 0.3 is 5.97 Å². The number of ether oxygens (including phenoxy) is 1. The van der Waals surface area contributed by atoms with Gasteiger partial charge in [0.15, 0.2) is 12.3 Å². The van der Waals surface area contributed by atoms with Crippen LogP contribution in [0.4, 0.5) is 0 Å². The van der Waals surface area contributed by atoms with Gasteiger partial charge in [-0.25, -0.2) is 9.78 Å². The summed E-state index contributed by atoms with van der Waals surface area (Å²) in [6.45, 7) is 9.09. The van der Waals surface area contributed by atoms with Gasteiger partial charge in [-0.05, 0) is 37.0 Å². The number of carbonyl (C=O) groups is 2. The summed E-state index contributed by atoms with van der Waals surface area (Å²) >= 11 is 0. The minimum atomic E-state index is -0.607. The minimum Gasteiger partial charge on any atom is -0.451 e. The molecular formula is C18H25N3O3. The van der Waals surface area contributed by atoms with Gasteiger partial charge in [0.25, 0.3) is 5.91 Å². The lowest BCUT2D eigenvalue weighted by Gasteiger charge is -2.39. The Bertz CT molecular complexity index is 656. The Balaban J connectivity index is 1.60. The third-order valence-electron chi connectivity index (χ3n) is 5.05. The SMILES string of the molecule is Cc1cnc(C(=O)OCC(=O)N2C[C@]3(C)C[C@H]2CC(C)(C)C3)cn1. The van der Waals surface area contributed by atoms with Crippen LogP contribution in [-0.2, 0) is 9.53 Å². The highest BCUT2D eigenvalue weighted by molar-refractivity contribution is 5.89. The zero-order chi connectivity index (χ0) is 17.5. The van der Waals surface area contributed by atoms with Crippen LogP contribution in [0.15, 0.2) is 12.4 Å². The van der Waals surface area contributed by atoms with Gasteiger partial charge in [-0.15, -0.1) is 0 Å². The summed E-state index contributed by atoms with van der Waals surface area (Å²) < 4.78 is 5.14. The molecule has 0 unspecified atom stereocenters. The van der Waals surface area contributed by atoms with Gasteiger partial charge < -0.3 is 9.64 Å². The number of aromatic nitrogens is 2. The highest BCUT2D eigenvalue weighted by atomic mass is 16.5. The molecule has 1 aromatic rings. The van der Waals surface area contributed by atoms with Crippen molar-refractivity contribution in [3.63, 3.8) is 0 Å². The van der Waals surface area contributed by atoms with Crippen LogP contribution in [0.25, 0.3) is 0 Å². The minimum absolute atomic E-state index is 0.116. The number of rotatable bonds is 3. The number of amides is 1. The number of carbonyl (C=O) groups excluding carboxylic acids is 2. The smallest absolute Gasteiger partial charge is 0.359 e. The summed E-state index contributed by atoms with van der Waals surface area (Å²) in [4.78, 5) is 34.4. The van der Waals surface area contributed by atoms with E-state index in [-0.39, 0.29) is 35.1 Å². The van der Waals surface area contributed by atoms with E-state index in [9.17, 15) is 9.59 Å². The maximum absolute atomic E-state index is 12.5. The molecule has 1 aromatic heterocycles. The average molecular weight is 331 g/mol. The first kappa shape index (κ1) is 16.9. The largest absolute Gasteiger partial charge is 0.451 e. The summed E-state index contributed by atoms with van der Waals surface area (Å²) in [6, 6.07) is 0.254. The van der Waals surface area contributed by atoms with Crippen LogP contribution >= 0.6 is 0 Å². The van der Waals surface area contributed by atoms with Gasteiger partial charge in [-0.1, -0.05) is 20.8 Å². The Hall–Kier alpha value is -1.98. The van der Waals surface area contributed by atoms with Crippen molar-refractivity contribution in [3.8, 4) is 0 Å². The quantitative estimate of drug-likeness (QED) is 0.795. The van der Waals surface area contributed by atoms with Crippen molar-refractivity contribution in [2.45, 2.75) is 53.0 Å². The van der Waals surface area contributed by atoms with Crippen LogP contribution in [0.1, 0.15) is 56.2 Å². The van der Waals surface area contributed by atoms with Crippen LogP contribution < -0.4 is 0 Å². The van der Waals surface area contributed by atoms with Crippen LogP contribution in [0.3, 0.4) is 0 Å². The third-order valence-corrected chi connectivity index (χ3v) is 5.05. The first-order chi connectivity index (χ1) is 11.2. The first-order valence-electron chi connectivity index (χ1n) is 8.43. The van der Waals surface area contributed by atoms with Crippen LogP contribution in [-0.4, -0.2) is 45.9 Å². The fourth-order valence-electron chi connectivity index (χ4n) is 4.53. The molecule has 1 amide bonds. The molecule has 1 saturated carbocycles. The van der Waals surface area contributed by atoms with Gasteiger partial charge in [0, 0.05) is 18.8 Å². The van der Waals surface area contributed by atoms with E-state index in [1.165, 1.54) is 12.4 Å². The maximum Gasteiger partial charge on any atom is 0.359 e. The van der Waals surface area contributed by atoms with Crippen molar-refractivity contribution in [3.05, 3.63) is 23.8 Å². The van der Waals surface area contributed by atoms with E-state index in [2.05, 4.69) is 30.7 Å². The Labute approximate surface area is 142 Å². The summed E-state index contributed by atoms with van der Waals surface area (Å²) in [5.41, 5.74) is 1.28. The number of hydrogen-bond donors (Lipinski definition) is 0. The first-order valence-corrected chi connectivity index (χ1v) is 8.43. The van der Waals surface area contributed by atoms with E-state index in [0.717, 1.165) is 31.5 Å². The molecule has 2 bridgehead atoms. The standard InChI is InChI=1S/C18H25N3O3/c1-12-7-20-14(8-19-12)16(23)24-9-15(22)21-11-18(4)6-13(21)5-17(2,3)10-18/h7-8,13H,5-6,9-11H2,1-4H3/t13-,18-/m1/s1. The zero-order valence-corrected chi connectivity index (χ0v) is 14.8. The van der Waals surface area contributed by atoms with Gasteiger partial charge in [0.2, 0.25) is 0 Å². The van der Waals surface area contributed by atoms with E-state index in [4.69, 9.17) is 4.74 Å². The molecule has 2 fully saturated rings. The summed E-state index contributed by atoms with van der Waals surface area (Å²) in [6.07, 6.45) is 6.05. The molecule has 24 heavy (non-hydrogen) atoms. The highest BCUT2D eigenvalue weighted by Gasteiger charge is 2.50. The number of nitrogens with zero attached hydrogens (tertiary/aromatic N) is 3. The van der Waals surface area contributed by atoms with Crippen LogP contribution in [0.2, 0.25) is 0 Å². The summed E-state index contributed by atoms with van der Waals surface area (Å²) in [7, 11) is 0.